The summed E-state index contributed by atoms with van der Waals surface area (Å²) in [5, 5.41) is 6.13. The fraction of sp³-hybridized carbons (Fsp3) is 0.273. The molecule has 1 atom stereocenters. The maximum absolute atomic E-state index is 13.6. The molecular formula is C22H22F3N5. The molecule has 1 aromatic heterocycles. The first-order valence-electron chi connectivity index (χ1n) is 9.78. The summed E-state index contributed by atoms with van der Waals surface area (Å²) < 4.78 is 40.7. The fourth-order valence-corrected chi connectivity index (χ4v) is 3.71. The highest BCUT2D eigenvalue weighted by atomic mass is 19.4. The zero-order valence-corrected chi connectivity index (χ0v) is 16.3. The Morgan fingerprint density at radius 2 is 1.90 bits per heavy atom. The zero-order chi connectivity index (χ0) is 21.1. The highest BCUT2D eigenvalue weighted by Crippen LogP contribution is 2.35. The number of nitrogens with one attached hydrogen (secondary N) is 2. The van der Waals surface area contributed by atoms with E-state index in [9.17, 15) is 13.2 Å². The quantitative estimate of drug-likeness (QED) is 0.741. The van der Waals surface area contributed by atoms with Crippen LogP contribution in [0.15, 0.2) is 72.8 Å². The van der Waals surface area contributed by atoms with E-state index in [1.54, 1.807) is 24.4 Å². The zero-order valence-electron chi connectivity index (χ0n) is 16.3. The second-order valence-electron chi connectivity index (χ2n) is 7.28. The molecular weight excluding hydrogens is 391 g/mol. The number of rotatable bonds is 4. The average molecular weight is 413 g/mol. The van der Waals surface area contributed by atoms with Crippen molar-refractivity contribution in [1.82, 2.24) is 20.2 Å². The van der Waals surface area contributed by atoms with Gasteiger partial charge in [0.1, 0.15) is 11.9 Å². The summed E-state index contributed by atoms with van der Waals surface area (Å²) in [7, 11) is 0. The highest BCUT2D eigenvalue weighted by Gasteiger charge is 2.45. The van der Waals surface area contributed by atoms with Gasteiger partial charge in [0.05, 0.1) is 5.69 Å². The average Bonchev–Trinajstić information content (AvgIpc) is 2.74. The predicted molar refractivity (Wildman–Crippen MR) is 110 cm³/mol. The molecule has 0 bridgehead atoms. The molecule has 2 N–H and O–H groups in total. The van der Waals surface area contributed by atoms with Crippen molar-refractivity contribution in [3.63, 3.8) is 0 Å². The molecule has 0 saturated carbocycles. The number of anilines is 2. The van der Waals surface area contributed by atoms with Crippen molar-refractivity contribution in [2.75, 3.05) is 11.9 Å². The predicted octanol–water partition coefficient (Wildman–Crippen LogP) is 4.98. The molecule has 1 saturated heterocycles. The van der Waals surface area contributed by atoms with Crippen molar-refractivity contribution in [3.05, 3.63) is 78.5 Å². The monoisotopic (exact) mass is 413 g/mol. The molecule has 156 valence electrons. The Kier molecular flexibility index (Phi) is 5.48. The van der Waals surface area contributed by atoms with Crippen LogP contribution in [0.25, 0.3) is 5.57 Å². The summed E-state index contributed by atoms with van der Waals surface area (Å²) in [6.07, 6.45) is 2.18. The van der Waals surface area contributed by atoms with Crippen molar-refractivity contribution in [2.24, 2.45) is 0 Å². The third-order valence-corrected chi connectivity index (χ3v) is 5.08. The van der Waals surface area contributed by atoms with E-state index in [0.29, 0.717) is 41.7 Å². The van der Waals surface area contributed by atoms with Crippen molar-refractivity contribution in [3.8, 4) is 0 Å². The van der Waals surface area contributed by atoms with Crippen molar-refractivity contribution in [2.45, 2.75) is 31.5 Å². The summed E-state index contributed by atoms with van der Waals surface area (Å²) in [6.45, 7) is 4.26. The summed E-state index contributed by atoms with van der Waals surface area (Å²) in [6, 6.07) is 9.73. The lowest BCUT2D eigenvalue weighted by atomic mass is 10.00. The van der Waals surface area contributed by atoms with Crippen molar-refractivity contribution < 1.29 is 13.2 Å². The number of para-hydroxylation sites is 1. The summed E-state index contributed by atoms with van der Waals surface area (Å²) >= 11 is 0. The van der Waals surface area contributed by atoms with E-state index in [1.807, 2.05) is 30.3 Å². The fourth-order valence-electron chi connectivity index (χ4n) is 3.71. The molecule has 0 radical (unpaired) electrons. The Morgan fingerprint density at radius 3 is 2.67 bits per heavy atom. The molecule has 1 aromatic carbocycles. The van der Waals surface area contributed by atoms with Gasteiger partial charge in [-0.25, -0.2) is 9.97 Å². The molecule has 2 aliphatic heterocycles. The topological polar surface area (TPSA) is 53.1 Å². The lowest BCUT2D eigenvalue weighted by Gasteiger charge is -2.40. The largest absolute Gasteiger partial charge is 0.408 e. The van der Waals surface area contributed by atoms with Gasteiger partial charge in [0.2, 0.25) is 5.95 Å². The Labute approximate surface area is 173 Å². The summed E-state index contributed by atoms with van der Waals surface area (Å²) in [5.41, 5.74) is 2.64. The second kappa shape index (κ2) is 8.22. The number of dihydropyridines is 1. The second-order valence-corrected chi connectivity index (χ2v) is 7.28. The number of piperidine rings is 1. The van der Waals surface area contributed by atoms with Gasteiger partial charge < -0.3 is 15.5 Å². The van der Waals surface area contributed by atoms with Crippen LogP contribution in [0.2, 0.25) is 0 Å². The Bertz CT molecular complexity index is 982. The SMILES string of the molecule is C=C1C=C(c2ccnc(Nc3ccccc3)n2)C=C(N2CCCCC2C(F)(F)F)N1. The normalized spacial score (nSPS) is 19.6. The van der Waals surface area contributed by atoms with Crippen molar-refractivity contribution >= 4 is 17.2 Å². The molecule has 4 rings (SSSR count). The lowest BCUT2D eigenvalue weighted by molar-refractivity contribution is -0.186. The molecule has 2 aromatic rings. The van der Waals surface area contributed by atoms with Crippen LogP contribution in [0.4, 0.5) is 24.8 Å². The minimum atomic E-state index is -4.28. The third kappa shape index (κ3) is 4.48. The first-order chi connectivity index (χ1) is 14.4. The van der Waals surface area contributed by atoms with Gasteiger partial charge in [-0.15, -0.1) is 0 Å². The molecule has 1 fully saturated rings. The number of hydrogen-bond acceptors (Lipinski definition) is 5. The molecule has 0 aliphatic carbocycles. The van der Waals surface area contributed by atoms with E-state index >= 15 is 0 Å². The van der Waals surface area contributed by atoms with E-state index in [0.717, 1.165) is 12.1 Å². The van der Waals surface area contributed by atoms with Crippen LogP contribution in [0.1, 0.15) is 25.0 Å². The van der Waals surface area contributed by atoms with Gasteiger partial charge >= 0.3 is 6.18 Å². The molecule has 3 heterocycles. The first-order valence-corrected chi connectivity index (χ1v) is 9.78. The smallest absolute Gasteiger partial charge is 0.346 e. The van der Waals surface area contributed by atoms with Crippen LogP contribution in [0.3, 0.4) is 0 Å². The van der Waals surface area contributed by atoms with Gasteiger partial charge in [-0.1, -0.05) is 24.8 Å². The number of halogens is 3. The van der Waals surface area contributed by atoms with Crippen LogP contribution < -0.4 is 10.6 Å². The van der Waals surface area contributed by atoms with Gasteiger partial charge in [0.15, 0.2) is 0 Å². The Morgan fingerprint density at radius 1 is 1.10 bits per heavy atom. The van der Waals surface area contributed by atoms with E-state index in [1.165, 1.54) is 4.90 Å². The van der Waals surface area contributed by atoms with E-state index in [2.05, 4.69) is 27.2 Å². The molecule has 8 heteroatoms. The van der Waals surface area contributed by atoms with Gasteiger partial charge in [-0.2, -0.15) is 13.2 Å². The van der Waals surface area contributed by atoms with Crippen LogP contribution in [-0.4, -0.2) is 33.6 Å². The molecule has 0 amide bonds. The van der Waals surface area contributed by atoms with Gasteiger partial charge in [-0.3, -0.25) is 0 Å². The molecule has 1 unspecified atom stereocenters. The minimum Gasteiger partial charge on any atom is -0.346 e. The number of likely N-dealkylation sites (tertiary alicyclic amines) is 1. The van der Waals surface area contributed by atoms with Gasteiger partial charge in [0, 0.05) is 29.7 Å². The van der Waals surface area contributed by atoms with Crippen LogP contribution in [-0.2, 0) is 0 Å². The number of nitrogens with zero attached hydrogens (tertiary/aromatic N) is 3. The van der Waals surface area contributed by atoms with Gasteiger partial charge in [0.25, 0.3) is 0 Å². The number of hydrogen-bond donors (Lipinski definition) is 2. The molecule has 0 spiro atoms. The standard InChI is InChI=1S/C22H22F3N5/c1-15-13-16(14-20(27-15)30-12-6-5-9-19(30)22(23,24)25)18-10-11-26-21(29-18)28-17-7-3-2-4-8-17/h2-4,7-8,10-11,13-14,19,27H,1,5-6,9,12H2,(H,26,28,29). The van der Waals surface area contributed by atoms with E-state index in [-0.39, 0.29) is 6.42 Å². The van der Waals surface area contributed by atoms with E-state index in [4.69, 9.17) is 0 Å². The van der Waals surface area contributed by atoms with Crippen LogP contribution in [0.5, 0.6) is 0 Å². The number of aromatic nitrogens is 2. The summed E-state index contributed by atoms with van der Waals surface area (Å²) in [4.78, 5) is 10.2. The maximum Gasteiger partial charge on any atom is 0.408 e. The molecule has 30 heavy (non-hydrogen) atoms. The number of allylic oxidation sites excluding steroid dienone is 3. The Hall–Kier alpha value is -3.29. The van der Waals surface area contributed by atoms with Crippen molar-refractivity contribution in [1.29, 1.82) is 0 Å². The lowest BCUT2D eigenvalue weighted by Crippen LogP contribution is -2.50. The van der Waals surface area contributed by atoms with Gasteiger partial charge in [-0.05, 0) is 49.6 Å². The number of benzene rings is 1. The molecule has 5 nitrogen and oxygen atoms in total. The third-order valence-electron chi connectivity index (χ3n) is 5.08. The molecule has 2 aliphatic rings. The van der Waals surface area contributed by atoms with Crippen LogP contribution >= 0.6 is 0 Å². The Balaban J connectivity index is 1.62. The maximum atomic E-state index is 13.6. The van der Waals surface area contributed by atoms with E-state index < -0.39 is 12.2 Å². The number of alkyl halides is 3. The highest BCUT2D eigenvalue weighted by molar-refractivity contribution is 5.76. The summed E-state index contributed by atoms with van der Waals surface area (Å²) in [5.74, 6) is 0.806. The first kappa shape index (κ1) is 20.0. The van der Waals surface area contributed by atoms with Crippen LogP contribution in [0, 0.1) is 0 Å². The minimum absolute atomic E-state index is 0.0900.